The molecule has 8 heteroatoms. The molecule has 0 radical (unpaired) electrons. The van der Waals surface area contributed by atoms with Gasteiger partial charge in [0.2, 0.25) is 0 Å². The Kier molecular flexibility index (Phi) is 4.79. The normalized spacial score (nSPS) is 28.7. The zero-order valence-corrected chi connectivity index (χ0v) is 14.1. The van der Waals surface area contributed by atoms with Gasteiger partial charge in [-0.05, 0) is 19.2 Å². The fourth-order valence-electron chi connectivity index (χ4n) is 2.66. The third-order valence-electron chi connectivity index (χ3n) is 3.86. The van der Waals surface area contributed by atoms with Gasteiger partial charge < -0.3 is 14.6 Å². The van der Waals surface area contributed by atoms with Gasteiger partial charge in [0, 0.05) is 31.4 Å². The predicted octanol–water partition coefficient (Wildman–Crippen LogP) is 1.13. The summed E-state index contributed by atoms with van der Waals surface area (Å²) in [6.45, 7) is 2.30. The van der Waals surface area contributed by atoms with Crippen LogP contribution in [0, 0.1) is 0 Å². The van der Waals surface area contributed by atoms with Gasteiger partial charge in [0.15, 0.2) is 5.16 Å². The highest BCUT2D eigenvalue weighted by molar-refractivity contribution is 7.98. The Hall–Kier alpha value is -1.32. The van der Waals surface area contributed by atoms with E-state index >= 15 is 0 Å². The summed E-state index contributed by atoms with van der Waals surface area (Å²) in [7, 11) is 1.56. The molecule has 2 aromatic rings. The number of aliphatic hydroxyl groups is 1. The second kappa shape index (κ2) is 6.66. The summed E-state index contributed by atoms with van der Waals surface area (Å²) in [4.78, 5) is 13.3. The lowest BCUT2D eigenvalue weighted by Gasteiger charge is -2.28. The molecule has 0 spiro atoms. The van der Waals surface area contributed by atoms with Crippen molar-refractivity contribution in [1.82, 2.24) is 20.3 Å². The summed E-state index contributed by atoms with van der Waals surface area (Å²) in [5.74, 6) is 0. The zero-order valence-electron chi connectivity index (χ0n) is 13.3. The van der Waals surface area contributed by atoms with E-state index in [1.54, 1.807) is 26.4 Å². The summed E-state index contributed by atoms with van der Waals surface area (Å²) >= 11 is 1.48. The number of hydrogen-bond acceptors (Lipinski definition) is 8. The van der Waals surface area contributed by atoms with Crippen LogP contribution in [0.1, 0.15) is 18.7 Å². The van der Waals surface area contributed by atoms with Crippen molar-refractivity contribution < 1.29 is 14.6 Å². The number of pyridine rings is 1. The molecular weight excluding hydrogens is 316 g/mol. The van der Waals surface area contributed by atoms with Gasteiger partial charge in [-0.25, -0.2) is 9.97 Å². The minimum Gasteiger partial charge on any atom is -0.384 e. The summed E-state index contributed by atoms with van der Waals surface area (Å²) in [5, 5.41) is 15.2. The molecule has 3 heterocycles. The molecule has 1 aliphatic heterocycles. The molecule has 3 rings (SSSR count). The summed E-state index contributed by atoms with van der Waals surface area (Å²) in [6, 6.07) is 1.86. The van der Waals surface area contributed by atoms with Crippen molar-refractivity contribution in [3.8, 4) is 0 Å². The molecule has 0 bridgehead atoms. The second-order valence-corrected chi connectivity index (χ2v) is 6.44. The van der Waals surface area contributed by atoms with Gasteiger partial charge in [0.05, 0.1) is 17.8 Å². The molecule has 0 amide bonds. The lowest BCUT2D eigenvalue weighted by molar-refractivity contribution is -0.122. The molecule has 0 aliphatic carbocycles. The first kappa shape index (κ1) is 16.5. The van der Waals surface area contributed by atoms with Crippen molar-refractivity contribution in [2.24, 2.45) is 0 Å². The maximum Gasteiger partial charge on any atom is 0.188 e. The number of hydrogen-bond donors (Lipinski definition) is 2. The van der Waals surface area contributed by atoms with Crippen LogP contribution in [0.2, 0.25) is 0 Å². The Balaban J connectivity index is 1.99. The largest absolute Gasteiger partial charge is 0.384 e. The molecule has 124 valence electrons. The van der Waals surface area contributed by atoms with Crippen LogP contribution in [0.25, 0.3) is 10.9 Å². The smallest absolute Gasteiger partial charge is 0.188 e. The van der Waals surface area contributed by atoms with Crippen LogP contribution in [0.3, 0.4) is 0 Å². The Morgan fingerprint density at radius 1 is 1.48 bits per heavy atom. The topological polar surface area (TPSA) is 89.4 Å². The molecule has 3 atom stereocenters. The van der Waals surface area contributed by atoms with Crippen LogP contribution >= 0.6 is 11.8 Å². The van der Waals surface area contributed by atoms with E-state index in [9.17, 15) is 5.11 Å². The summed E-state index contributed by atoms with van der Waals surface area (Å²) in [6.07, 6.45) is 4.57. The highest BCUT2D eigenvalue weighted by Crippen LogP contribution is 2.29. The van der Waals surface area contributed by atoms with E-state index in [4.69, 9.17) is 9.47 Å². The number of rotatable bonds is 3. The fourth-order valence-corrected chi connectivity index (χ4v) is 3.04. The maximum atomic E-state index is 10.4. The van der Waals surface area contributed by atoms with Crippen molar-refractivity contribution >= 4 is 22.7 Å². The van der Waals surface area contributed by atoms with Crippen LogP contribution in [0.5, 0.6) is 0 Å². The number of aromatic nitrogens is 3. The number of fused-ring (bicyclic) bond motifs is 1. The van der Waals surface area contributed by atoms with Gasteiger partial charge in [-0.15, -0.1) is 0 Å². The standard InChI is InChI=1S/C15H20N4O3S/c1-15(20)8-22-11(7-17-13(15)21-2)12-9-6-16-5-4-10(9)18-14(19-12)23-3/h4-6,11,13,17,20H,7-8H2,1-3H3. The molecule has 1 saturated heterocycles. The monoisotopic (exact) mass is 336 g/mol. The fraction of sp³-hybridized carbons (Fsp3) is 0.533. The molecule has 3 unspecified atom stereocenters. The number of nitrogens with zero attached hydrogens (tertiary/aromatic N) is 3. The number of methoxy groups -OCH3 is 1. The van der Waals surface area contributed by atoms with E-state index in [1.807, 2.05) is 12.3 Å². The molecule has 1 fully saturated rings. The SMILES string of the molecule is COC1NCC(c2nc(SC)nc3ccncc23)OCC1(C)O. The molecular formula is C15H20N4O3S. The molecule has 0 aromatic carbocycles. The van der Waals surface area contributed by atoms with Crippen molar-refractivity contribution in [2.75, 3.05) is 26.5 Å². The molecule has 23 heavy (non-hydrogen) atoms. The van der Waals surface area contributed by atoms with Gasteiger partial charge in [0.1, 0.15) is 17.9 Å². The highest BCUT2D eigenvalue weighted by Gasteiger charge is 2.37. The number of thioether (sulfide) groups is 1. The van der Waals surface area contributed by atoms with Crippen LogP contribution < -0.4 is 5.32 Å². The van der Waals surface area contributed by atoms with Crippen molar-refractivity contribution in [1.29, 1.82) is 0 Å². The third kappa shape index (κ3) is 3.31. The minimum atomic E-state index is -1.12. The molecule has 0 saturated carbocycles. The maximum absolute atomic E-state index is 10.4. The Morgan fingerprint density at radius 2 is 2.30 bits per heavy atom. The average Bonchev–Trinajstić information content (AvgIpc) is 2.71. The van der Waals surface area contributed by atoms with Gasteiger partial charge >= 0.3 is 0 Å². The van der Waals surface area contributed by atoms with E-state index in [1.165, 1.54) is 11.8 Å². The first-order valence-corrected chi connectivity index (χ1v) is 8.53. The molecule has 7 nitrogen and oxygen atoms in total. The Morgan fingerprint density at radius 3 is 3.04 bits per heavy atom. The van der Waals surface area contributed by atoms with Gasteiger partial charge in [-0.1, -0.05) is 11.8 Å². The Bertz CT molecular complexity index is 697. The third-order valence-corrected chi connectivity index (χ3v) is 4.41. The van der Waals surface area contributed by atoms with E-state index in [2.05, 4.69) is 20.3 Å². The molecule has 2 aromatic heterocycles. The van der Waals surface area contributed by atoms with E-state index in [0.29, 0.717) is 11.7 Å². The molecule has 2 N–H and O–H groups in total. The lowest BCUT2D eigenvalue weighted by atomic mass is 10.1. The van der Waals surface area contributed by atoms with Crippen LogP contribution in [-0.2, 0) is 9.47 Å². The quantitative estimate of drug-likeness (QED) is 0.637. The first-order valence-electron chi connectivity index (χ1n) is 7.31. The van der Waals surface area contributed by atoms with Gasteiger partial charge in [-0.3, -0.25) is 10.3 Å². The summed E-state index contributed by atoms with van der Waals surface area (Å²) in [5.41, 5.74) is 0.483. The van der Waals surface area contributed by atoms with Crippen molar-refractivity contribution in [3.05, 3.63) is 24.2 Å². The van der Waals surface area contributed by atoms with Gasteiger partial charge in [-0.2, -0.15) is 0 Å². The second-order valence-electron chi connectivity index (χ2n) is 5.67. The predicted molar refractivity (Wildman–Crippen MR) is 87.2 cm³/mol. The van der Waals surface area contributed by atoms with Gasteiger partial charge in [0.25, 0.3) is 0 Å². The van der Waals surface area contributed by atoms with Crippen LogP contribution in [0.4, 0.5) is 0 Å². The first-order chi connectivity index (χ1) is 11.0. The minimum absolute atomic E-state index is 0.142. The highest BCUT2D eigenvalue weighted by atomic mass is 32.2. The average molecular weight is 336 g/mol. The number of nitrogens with one attached hydrogen (secondary N) is 1. The molecule has 1 aliphatic rings. The lowest BCUT2D eigenvalue weighted by Crippen LogP contribution is -2.50. The van der Waals surface area contributed by atoms with Crippen LogP contribution in [-0.4, -0.2) is 58.4 Å². The zero-order chi connectivity index (χ0) is 16.4. The number of ether oxygens (including phenoxy) is 2. The Labute approximate surface area is 138 Å². The van der Waals surface area contributed by atoms with E-state index < -0.39 is 11.8 Å². The summed E-state index contributed by atoms with van der Waals surface area (Å²) < 4.78 is 11.2. The van der Waals surface area contributed by atoms with Crippen molar-refractivity contribution in [2.45, 2.75) is 30.0 Å². The van der Waals surface area contributed by atoms with Crippen LogP contribution in [0.15, 0.2) is 23.6 Å². The van der Waals surface area contributed by atoms with E-state index in [0.717, 1.165) is 16.6 Å². The van der Waals surface area contributed by atoms with Crippen molar-refractivity contribution in [3.63, 3.8) is 0 Å². The van der Waals surface area contributed by atoms with E-state index in [-0.39, 0.29) is 12.7 Å².